The van der Waals surface area contributed by atoms with Crippen molar-refractivity contribution < 1.29 is 13.9 Å². The van der Waals surface area contributed by atoms with Crippen LogP contribution in [0.15, 0.2) is 38.7 Å². The third-order valence-electron chi connectivity index (χ3n) is 2.38. The molecule has 1 unspecified atom stereocenters. The number of hydrogen-bond donors (Lipinski definition) is 1. The summed E-state index contributed by atoms with van der Waals surface area (Å²) < 4.78 is 11.4. The van der Waals surface area contributed by atoms with Crippen LogP contribution in [0.3, 0.4) is 0 Å². The van der Waals surface area contributed by atoms with Crippen LogP contribution >= 0.6 is 27.3 Å². The maximum Gasteiger partial charge on any atom is 0.261 e. The Hall–Kier alpha value is -1.11. The molecule has 96 valence electrons. The van der Waals surface area contributed by atoms with Crippen LogP contribution < -0.4 is 5.32 Å². The van der Waals surface area contributed by atoms with Gasteiger partial charge < -0.3 is 14.5 Å². The summed E-state index contributed by atoms with van der Waals surface area (Å²) in [6.07, 6.45) is 1.31. The number of carbonyl (C=O) groups excluding carboxylic acids is 1. The summed E-state index contributed by atoms with van der Waals surface area (Å²) in [4.78, 5) is 12.5. The molecule has 2 aromatic rings. The van der Waals surface area contributed by atoms with Crippen LogP contribution in [-0.2, 0) is 4.74 Å². The van der Waals surface area contributed by atoms with Crippen molar-refractivity contribution in [3.05, 3.63) is 45.0 Å². The van der Waals surface area contributed by atoms with E-state index in [-0.39, 0.29) is 12.0 Å². The number of nitrogens with one attached hydrogen (secondary N) is 1. The molecular weight excluding hydrogens is 318 g/mol. The first-order valence-corrected chi connectivity index (χ1v) is 6.96. The molecule has 6 heteroatoms. The second kappa shape index (κ2) is 6.17. The van der Waals surface area contributed by atoms with Crippen molar-refractivity contribution in [2.75, 3.05) is 13.7 Å². The number of hydrogen-bond acceptors (Lipinski definition) is 4. The summed E-state index contributed by atoms with van der Waals surface area (Å²) in [6, 6.07) is 5.40. The first-order chi connectivity index (χ1) is 8.70. The van der Waals surface area contributed by atoms with E-state index < -0.39 is 0 Å². The number of carbonyl (C=O) groups is 1. The first-order valence-electron chi connectivity index (χ1n) is 5.29. The summed E-state index contributed by atoms with van der Waals surface area (Å²) in [5, 5.41) is 4.69. The number of ether oxygens (including phenoxy) is 1. The van der Waals surface area contributed by atoms with Gasteiger partial charge in [-0.05, 0) is 34.1 Å². The molecule has 2 aromatic heterocycles. The summed E-state index contributed by atoms with van der Waals surface area (Å²) in [5.74, 6) is 0.587. The number of methoxy groups -OCH3 is 1. The lowest BCUT2D eigenvalue weighted by Crippen LogP contribution is -2.28. The number of halogens is 1. The van der Waals surface area contributed by atoms with Gasteiger partial charge in [-0.2, -0.15) is 0 Å². The average Bonchev–Trinajstić information content (AvgIpc) is 3.01. The monoisotopic (exact) mass is 329 g/mol. The highest BCUT2D eigenvalue weighted by atomic mass is 79.9. The normalized spacial score (nSPS) is 12.3. The first kappa shape index (κ1) is 13.3. The Morgan fingerprint density at radius 3 is 3.06 bits per heavy atom. The summed E-state index contributed by atoms with van der Waals surface area (Å²) in [7, 11) is 1.58. The molecule has 4 nitrogen and oxygen atoms in total. The van der Waals surface area contributed by atoms with Gasteiger partial charge in [-0.1, -0.05) is 0 Å². The minimum atomic E-state index is -0.271. The Bertz CT molecular complexity index is 509. The van der Waals surface area contributed by atoms with Crippen molar-refractivity contribution in [2.45, 2.75) is 6.10 Å². The lowest BCUT2D eigenvalue weighted by Gasteiger charge is -2.13. The molecular formula is C12H12BrNO3S. The minimum Gasteiger partial charge on any atom is -0.467 e. The van der Waals surface area contributed by atoms with Gasteiger partial charge in [-0.3, -0.25) is 4.79 Å². The quantitative estimate of drug-likeness (QED) is 0.916. The summed E-state index contributed by atoms with van der Waals surface area (Å²) in [6.45, 7) is 0.373. The van der Waals surface area contributed by atoms with Gasteiger partial charge >= 0.3 is 0 Å². The van der Waals surface area contributed by atoms with E-state index >= 15 is 0 Å². The minimum absolute atomic E-state index is 0.112. The fourth-order valence-corrected chi connectivity index (χ4v) is 2.82. The highest BCUT2D eigenvalue weighted by Crippen LogP contribution is 2.20. The number of rotatable bonds is 5. The van der Waals surface area contributed by atoms with Gasteiger partial charge in [0, 0.05) is 17.0 Å². The Morgan fingerprint density at radius 2 is 2.50 bits per heavy atom. The van der Waals surface area contributed by atoms with Crippen molar-refractivity contribution in [3.63, 3.8) is 0 Å². The maximum absolute atomic E-state index is 11.8. The Labute approximate surface area is 117 Å². The van der Waals surface area contributed by atoms with Crippen molar-refractivity contribution in [1.29, 1.82) is 0 Å². The zero-order chi connectivity index (χ0) is 13.0. The van der Waals surface area contributed by atoms with Gasteiger partial charge in [0.2, 0.25) is 0 Å². The van der Waals surface area contributed by atoms with E-state index in [2.05, 4.69) is 21.2 Å². The topological polar surface area (TPSA) is 51.5 Å². The Morgan fingerprint density at radius 1 is 1.67 bits per heavy atom. The Kier molecular flexibility index (Phi) is 4.57. The van der Waals surface area contributed by atoms with Crippen molar-refractivity contribution in [3.8, 4) is 0 Å². The average molecular weight is 330 g/mol. The number of thiophene rings is 1. The predicted octanol–water partition coefficient (Wildman–Crippen LogP) is 3.22. The van der Waals surface area contributed by atoms with Crippen LogP contribution in [0.25, 0.3) is 0 Å². The van der Waals surface area contributed by atoms with E-state index in [0.29, 0.717) is 17.2 Å². The third kappa shape index (κ3) is 3.22. The molecule has 0 spiro atoms. The van der Waals surface area contributed by atoms with E-state index in [1.807, 2.05) is 11.4 Å². The van der Waals surface area contributed by atoms with Crippen molar-refractivity contribution >= 4 is 33.2 Å². The molecule has 0 aliphatic rings. The van der Waals surface area contributed by atoms with Crippen LogP contribution in [0.4, 0.5) is 0 Å². The zero-order valence-corrected chi connectivity index (χ0v) is 12.1. The molecule has 0 aromatic carbocycles. The zero-order valence-electron chi connectivity index (χ0n) is 9.68. The summed E-state index contributed by atoms with van der Waals surface area (Å²) in [5.41, 5.74) is 0. The van der Waals surface area contributed by atoms with Gasteiger partial charge in [0.25, 0.3) is 5.91 Å². The summed E-state index contributed by atoms with van der Waals surface area (Å²) >= 11 is 4.71. The van der Waals surface area contributed by atoms with Crippen molar-refractivity contribution in [1.82, 2.24) is 5.32 Å². The number of furan rings is 1. The predicted molar refractivity (Wildman–Crippen MR) is 72.8 cm³/mol. The lowest BCUT2D eigenvalue weighted by atomic mass is 10.2. The molecule has 0 fully saturated rings. The smallest absolute Gasteiger partial charge is 0.261 e. The second-order valence-corrected chi connectivity index (χ2v) is 5.41. The van der Waals surface area contributed by atoms with Gasteiger partial charge in [0.15, 0.2) is 0 Å². The van der Waals surface area contributed by atoms with Crippen LogP contribution in [-0.4, -0.2) is 19.6 Å². The standard InChI is InChI=1S/C12H12BrNO3S/c1-16-10(9-3-2-4-17-9)6-14-12(15)11-5-8(13)7-18-11/h2-5,7,10H,6H2,1H3,(H,14,15). The van der Waals surface area contributed by atoms with E-state index in [1.165, 1.54) is 11.3 Å². The molecule has 18 heavy (non-hydrogen) atoms. The highest BCUT2D eigenvalue weighted by Gasteiger charge is 2.16. The van der Waals surface area contributed by atoms with Gasteiger partial charge in [0.05, 0.1) is 17.7 Å². The molecule has 1 N–H and O–H groups in total. The third-order valence-corrected chi connectivity index (χ3v) is 4.07. The molecule has 0 saturated heterocycles. The molecule has 0 aliphatic carbocycles. The van der Waals surface area contributed by atoms with Crippen LogP contribution in [0, 0.1) is 0 Å². The molecule has 0 saturated carbocycles. The molecule has 2 heterocycles. The fraction of sp³-hybridized carbons (Fsp3) is 0.250. The second-order valence-electron chi connectivity index (χ2n) is 3.58. The van der Waals surface area contributed by atoms with E-state index in [4.69, 9.17) is 9.15 Å². The van der Waals surface area contributed by atoms with Gasteiger partial charge in [-0.15, -0.1) is 11.3 Å². The molecule has 1 amide bonds. The van der Waals surface area contributed by atoms with Crippen LogP contribution in [0.2, 0.25) is 0 Å². The van der Waals surface area contributed by atoms with E-state index in [1.54, 1.807) is 25.5 Å². The SMILES string of the molecule is COC(CNC(=O)c1cc(Br)cs1)c1ccco1. The van der Waals surface area contributed by atoms with Crippen LogP contribution in [0.5, 0.6) is 0 Å². The van der Waals surface area contributed by atoms with Crippen molar-refractivity contribution in [2.24, 2.45) is 0 Å². The number of amides is 1. The molecule has 1 atom stereocenters. The van der Waals surface area contributed by atoms with Gasteiger partial charge in [0.1, 0.15) is 11.9 Å². The molecule has 0 radical (unpaired) electrons. The highest BCUT2D eigenvalue weighted by molar-refractivity contribution is 9.10. The Balaban J connectivity index is 1.92. The lowest BCUT2D eigenvalue weighted by molar-refractivity contribution is 0.0740. The molecule has 0 aliphatic heterocycles. The van der Waals surface area contributed by atoms with Crippen LogP contribution in [0.1, 0.15) is 21.5 Å². The van der Waals surface area contributed by atoms with E-state index in [9.17, 15) is 4.79 Å². The largest absolute Gasteiger partial charge is 0.467 e. The maximum atomic E-state index is 11.8. The van der Waals surface area contributed by atoms with Gasteiger partial charge in [-0.25, -0.2) is 0 Å². The molecule has 0 bridgehead atoms. The van der Waals surface area contributed by atoms with E-state index in [0.717, 1.165) is 4.47 Å². The fourth-order valence-electron chi connectivity index (χ4n) is 1.48. The molecule has 2 rings (SSSR count).